The van der Waals surface area contributed by atoms with Crippen molar-refractivity contribution in [2.45, 2.75) is 20.3 Å². The van der Waals surface area contributed by atoms with E-state index in [-0.39, 0.29) is 18.4 Å². The van der Waals surface area contributed by atoms with Crippen molar-refractivity contribution >= 4 is 17.5 Å². The molecule has 0 radical (unpaired) electrons. The Kier molecular flexibility index (Phi) is 4.51. The van der Waals surface area contributed by atoms with Crippen molar-refractivity contribution in [1.82, 2.24) is 5.32 Å². The van der Waals surface area contributed by atoms with Crippen molar-refractivity contribution < 1.29 is 9.59 Å². The maximum absolute atomic E-state index is 11.3. The number of benzene rings is 1. The van der Waals surface area contributed by atoms with Gasteiger partial charge < -0.3 is 10.6 Å². The highest BCUT2D eigenvalue weighted by molar-refractivity contribution is 5.94. The van der Waals surface area contributed by atoms with Crippen LogP contribution >= 0.6 is 0 Å². The van der Waals surface area contributed by atoms with Crippen molar-refractivity contribution in [2.75, 3.05) is 11.9 Å². The zero-order valence-electron chi connectivity index (χ0n) is 9.54. The first-order valence-electron chi connectivity index (χ1n) is 5.25. The molecule has 2 N–H and O–H groups in total. The number of carbonyl (C=O) groups excluding carboxylic acids is 2. The summed E-state index contributed by atoms with van der Waals surface area (Å²) >= 11 is 0. The number of anilines is 1. The molecule has 2 amide bonds. The van der Waals surface area contributed by atoms with Crippen LogP contribution in [-0.4, -0.2) is 18.4 Å². The van der Waals surface area contributed by atoms with Gasteiger partial charge in [-0.1, -0.05) is 19.1 Å². The van der Waals surface area contributed by atoms with Crippen LogP contribution in [0.15, 0.2) is 24.3 Å². The van der Waals surface area contributed by atoms with Gasteiger partial charge >= 0.3 is 0 Å². The lowest BCUT2D eigenvalue weighted by Crippen LogP contribution is -2.31. The van der Waals surface area contributed by atoms with Gasteiger partial charge in [0.2, 0.25) is 11.8 Å². The van der Waals surface area contributed by atoms with E-state index in [1.807, 2.05) is 24.3 Å². The quantitative estimate of drug-likeness (QED) is 0.804. The van der Waals surface area contributed by atoms with Gasteiger partial charge in [-0.2, -0.15) is 0 Å². The molecule has 0 saturated heterocycles. The predicted molar refractivity (Wildman–Crippen MR) is 63.1 cm³/mol. The maximum Gasteiger partial charge on any atom is 0.243 e. The molecular formula is C12H16N2O2. The van der Waals surface area contributed by atoms with Gasteiger partial charge in [0, 0.05) is 12.6 Å². The van der Waals surface area contributed by atoms with Crippen LogP contribution < -0.4 is 10.6 Å². The van der Waals surface area contributed by atoms with E-state index >= 15 is 0 Å². The second-order valence-electron chi connectivity index (χ2n) is 3.51. The number of hydrogen-bond donors (Lipinski definition) is 2. The highest BCUT2D eigenvalue weighted by atomic mass is 16.2. The highest BCUT2D eigenvalue weighted by Crippen LogP contribution is 2.09. The van der Waals surface area contributed by atoms with Crippen LogP contribution in [0.5, 0.6) is 0 Å². The minimum Gasteiger partial charge on any atom is -0.347 e. The van der Waals surface area contributed by atoms with Gasteiger partial charge in [-0.25, -0.2) is 0 Å². The molecule has 0 spiro atoms. The lowest BCUT2D eigenvalue weighted by molar-refractivity contribution is -0.122. The first-order valence-corrected chi connectivity index (χ1v) is 5.25. The average molecular weight is 220 g/mol. The van der Waals surface area contributed by atoms with Crippen molar-refractivity contribution in [2.24, 2.45) is 0 Å². The molecule has 0 aliphatic rings. The van der Waals surface area contributed by atoms with Crippen molar-refractivity contribution in [3.63, 3.8) is 0 Å². The summed E-state index contributed by atoms with van der Waals surface area (Å²) in [7, 11) is 0. The number of rotatable bonds is 4. The lowest BCUT2D eigenvalue weighted by Gasteiger charge is -2.06. The van der Waals surface area contributed by atoms with Crippen LogP contribution in [0.3, 0.4) is 0 Å². The number of nitrogens with one attached hydrogen (secondary N) is 2. The third kappa shape index (κ3) is 4.13. The Morgan fingerprint density at radius 2 is 1.81 bits per heavy atom. The molecule has 0 fully saturated rings. The second-order valence-corrected chi connectivity index (χ2v) is 3.51. The highest BCUT2D eigenvalue weighted by Gasteiger charge is 2.02. The molecule has 0 heterocycles. The molecular weight excluding hydrogens is 204 g/mol. The van der Waals surface area contributed by atoms with Gasteiger partial charge in [0.1, 0.15) is 0 Å². The van der Waals surface area contributed by atoms with Gasteiger partial charge in [0.25, 0.3) is 0 Å². The maximum atomic E-state index is 11.3. The fraction of sp³-hybridized carbons (Fsp3) is 0.333. The van der Waals surface area contributed by atoms with Crippen LogP contribution in [0.1, 0.15) is 19.4 Å². The molecule has 4 heteroatoms. The molecule has 86 valence electrons. The van der Waals surface area contributed by atoms with Crippen LogP contribution in [-0.2, 0) is 16.0 Å². The van der Waals surface area contributed by atoms with Crippen LogP contribution in [0, 0.1) is 0 Å². The molecule has 0 bridgehead atoms. The van der Waals surface area contributed by atoms with E-state index in [9.17, 15) is 9.59 Å². The molecule has 0 saturated carbocycles. The molecule has 16 heavy (non-hydrogen) atoms. The summed E-state index contributed by atoms with van der Waals surface area (Å²) < 4.78 is 0. The number of amides is 2. The minimum atomic E-state index is -0.223. The molecule has 0 aliphatic carbocycles. The summed E-state index contributed by atoms with van der Waals surface area (Å²) in [6, 6.07) is 7.64. The Balaban J connectivity index is 2.46. The molecule has 0 aliphatic heterocycles. The van der Waals surface area contributed by atoms with Crippen molar-refractivity contribution in [3.8, 4) is 0 Å². The van der Waals surface area contributed by atoms with Crippen LogP contribution in [0.2, 0.25) is 0 Å². The zero-order chi connectivity index (χ0) is 12.0. The Morgan fingerprint density at radius 1 is 1.19 bits per heavy atom. The Hall–Kier alpha value is -1.84. The van der Waals surface area contributed by atoms with E-state index in [1.54, 1.807) is 0 Å². The molecule has 1 rings (SSSR count). The van der Waals surface area contributed by atoms with Crippen LogP contribution in [0.4, 0.5) is 5.69 Å². The van der Waals surface area contributed by atoms with Crippen LogP contribution in [0.25, 0.3) is 0 Å². The van der Waals surface area contributed by atoms with Gasteiger partial charge in [-0.3, -0.25) is 9.59 Å². The van der Waals surface area contributed by atoms with Crippen molar-refractivity contribution in [3.05, 3.63) is 29.8 Å². The van der Waals surface area contributed by atoms with Gasteiger partial charge in [0.15, 0.2) is 0 Å². The Labute approximate surface area is 95.0 Å². The number of hydrogen-bond acceptors (Lipinski definition) is 2. The molecule has 4 nitrogen and oxygen atoms in total. The van der Waals surface area contributed by atoms with E-state index in [4.69, 9.17) is 0 Å². The van der Waals surface area contributed by atoms with E-state index < -0.39 is 0 Å². The zero-order valence-corrected chi connectivity index (χ0v) is 9.54. The molecule has 1 aromatic carbocycles. The predicted octanol–water partition coefficient (Wildman–Crippen LogP) is 1.32. The smallest absolute Gasteiger partial charge is 0.243 e. The molecule has 0 aromatic heterocycles. The Morgan fingerprint density at radius 3 is 2.31 bits per heavy atom. The summed E-state index contributed by atoms with van der Waals surface area (Å²) in [5.74, 6) is -0.434. The molecule has 0 atom stereocenters. The number of aryl methyl sites for hydroxylation is 1. The first kappa shape index (κ1) is 12.2. The van der Waals surface area contributed by atoms with Gasteiger partial charge in [-0.05, 0) is 24.1 Å². The largest absolute Gasteiger partial charge is 0.347 e. The third-order valence-corrected chi connectivity index (χ3v) is 2.14. The van der Waals surface area contributed by atoms with Crippen molar-refractivity contribution in [1.29, 1.82) is 0 Å². The second kappa shape index (κ2) is 5.90. The summed E-state index contributed by atoms with van der Waals surface area (Å²) in [5, 5.41) is 5.13. The SMILES string of the molecule is CCc1ccc(NC(=O)CNC(C)=O)cc1. The summed E-state index contributed by atoms with van der Waals surface area (Å²) in [6.07, 6.45) is 0.972. The summed E-state index contributed by atoms with van der Waals surface area (Å²) in [6.45, 7) is 3.46. The molecule has 1 aromatic rings. The van der Waals surface area contributed by atoms with Gasteiger partial charge in [0.05, 0.1) is 6.54 Å². The fourth-order valence-corrected chi connectivity index (χ4v) is 1.23. The minimum absolute atomic E-state index is 0.00482. The van der Waals surface area contributed by atoms with E-state index in [1.165, 1.54) is 12.5 Å². The first-order chi connectivity index (χ1) is 7.61. The monoisotopic (exact) mass is 220 g/mol. The van der Waals surface area contributed by atoms with Gasteiger partial charge in [-0.15, -0.1) is 0 Å². The summed E-state index contributed by atoms with van der Waals surface area (Å²) in [4.78, 5) is 21.9. The standard InChI is InChI=1S/C12H16N2O2/c1-3-10-4-6-11(7-5-10)14-12(16)8-13-9(2)15/h4-7H,3,8H2,1-2H3,(H,13,15)(H,14,16). The topological polar surface area (TPSA) is 58.2 Å². The normalized spacial score (nSPS) is 9.62. The Bertz CT molecular complexity index is 371. The molecule has 0 unspecified atom stereocenters. The average Bonchev–Trinajstić information content (AvgIpc) is 2.27. The lowest BCUT2D eigenvalue weighted by atomic mass is 10.1. The summed E-state index contributed by atoms with van der Waals surface area (Å²) in [5.41, 5.74) is 1.97. The third-order valence-electron chi connectivity index (χ3n) is 2.14. The van der Waals surface area contributed by atoms with E-state index in [0.29, 0.717) is 0 Å². The van der Waals surface area contributed by atoms with E-state index in [2.05, 4.69) is 17.6 Å². The van der Waals surface area contributed by atoms with E-state index in [0.717, 1.165) is 12.1 Å². The number of carbonyl (C=O) groups is 2. The fourth-order valence-electron chi connectivity index (χ4n) is 1.23.